The van der Waals surface area contributed by atoms with Crippen LogP contribution in [-0.2, 0) is 4.79 Å². The maximum Gasteiger partial charge on any atom is 0.245 e. The molecule has 0 aromatic heterocycles. The standard InChI is InChI=1S/C16H21NO5/c1-11(18)17-15(19)8-6-5-7-12-9-13(20-2)16(22-4)14(10-12)21-3/h5-11,18H,1-4H3,(H,17,19). The van der Waals surface area contributed by atoms with Crippen molar-refractivity contribution in [3.8, 4) is 17.2 Å². The van der Waals surface area contributed by atoms with E-state index in [1.165, 1.54) is 13.0 Å². The quantitative estimate of drug-likeness (QED) is 0.456. The average Bonchev–Trinajstić information content (AvgIpc) is 2.49. The summed E-state index contributed by atoms with van der Waals surface area (Å²) in [6, 6.07) is 3.59. The molecule has 0 bridgehead atoms. The van der Waals surface area contributed by atoms with Gasteiger partial charge >= 0.3 is 0 Å². The summed E-state index contributed by atoms with van der Waals surface area (Å²) in [6.07, 6.45) is 5.50. The highest BCUT2D eigenvalue weighted by atomic mass is 16.5. The number of aliphatic hydroxyl groups is 1. The SMILES string of the molecule is COc1cc(C=CC=CC(=O)NC(C)O)cc(OC)c1OC. The van der Waals surface area contributed by atoms with Crippen molar-refractivity contribution in [2.45, 2.75) is 13.2 Å². The molecule has 0 saturated heterocycles. The molecule has 120 valence electrons. The summed E-state index contributed by atoms with van der Waals surface area (Å²) in [5, 5.41) is 11.3. The number of hydrogen-bond donors (Lipinski definition) is 2. The number of hydrogen-bond acceptors (Lipinski definition) is 5. The van der Waals surface area contributed by atoms with E-state index in [1.54, 1.807) is 51.7 Å². The first-order valence-corrected chi connectivity index (χ1v) is 6.65. The van der Waals surface area contributed by atoms with Crippen molar-refractivity contribution in [3.05, 3.63) is 35.9 Å². The van der Waals surface area contributed by atoms with E-state index in [-0.39, 0.29) is 5.91 Å². The van der Waals surface area contributed by atoms with Crippen molar-refractivity contribution < 1.29 is 24.1 Å². The summed E-state index contributed by atoms with van der Waals surface area (Å²) in [5.74, 6) is 1.26. The molecule has 1 amide bonds. The smallest absolute Gasteiger partial charge is 0.245 e. The van der Waals surface area contributed by atoms with Gasteiger partial charge in [-0.3, -0.25) is 4.79 Å². The zero-order valence-corrected chi connectivity index (χ0v) is 13.1. The first kappa shape index (κ1) is 17.6. The van der Waals surface area contributed by atoms with Crippen molar-refractivity contribution >= 4 is 12.0 Å². The van der Waals surface area contributed by atoms with Crippen LogP contribution in [0.4, 0.5) is 0 Å². The molecule has 1 atom stereocenters. The van der Waals surface area contributed by atoms with Gasteiger partial charge in [0, 0.05) is 6.08 Å². The maximum absolute atomic E-state index is 11.3. The Morgan fingerprint density at radius 1 is 1.14 bits per heavy atom. The molecule has 0 heterocycles. The number of aliphatic hydroxyl groups excluding tert-OH is 1. The van der Waals surface area contributed by atoms with Gasteiger partial charge in [-0.05, 0) is 24.6 Å². The molecule has 0 radical (unpaired) electrons. The largest absolute Gasteiger partial charge is 0.493 e. The van der Waals surface area contributed by atoms with Crippen LogP contribution in [0.3, 0.4) is 0 Å². The van der Waals surface area contributed by atoms with Crippen molar-refractivity contribution in [1.82, 2.24) is 5.32 Å². The fourth-order valence-corrected chi connectivity index (χ4v) is 1.76. The number of methoxy groups -OCH3 is 3. The van der Waals surface area contributed by atoms with Gasteiger partial charge in [0.25, 0.3) is 0 Å². The highest BCUT2D eigenvalue weighted by molar-refractivity contribution is 5.88. The van der Waals surface area contributed by atoms with Crippen LogP contribution in [0.25, 0.3) is 6.08 Å². The van der Waals surface area contributed by atoms with E-state index < -0.39 is 6.23 Å². The Morgan fingerprint density at radius 2 is 1.73 bits per heavy atom. The second kappa shape index (κ2) is 8.74. The lowest BCUT2D eigenvalue weighted by Gasteiger charge is -2.12. The van der Waals surface area contributed by atoms with Gasteiger partial charge < -0.3 is 24.6 Å². The van der Waals surface area contributed by atoms with E-state index in [0.717, 1.165) is 5.56 Å². The Labute approximate surface area is 130 Å². The van der Waals surface area contributed by atoms with Gasteiger partial charge in [-0.15, -0.1) is 0 Å². The molecule has 0 aliphatic rings. The van der Waals surface area contributed by atoms with E-state index in [9.17, 15) is 4.79 Å². The monoisotopic (exact) mass is 307 g/mol. The molecule has 1 aromatic rings. The third-order valence-corrected chi connectivity index (χ3v) is 2.69. The lowest BCUT2D eigenvalue weighted by molar-refractivity contribution is -0.119. The van der Waals surface area contributed by atoms with Crippen LogP contribution in [0.2, 0.25) is 0 Å². The minimum atomic E-state index is -0.878. The zero-order chi connectivity index (χ0) is 16.5. The molecule has 1 aromatic carbocycles. The lowest BCUT2D eigenvalue weighted by atomic mass is 10.1. The highest BCUT2D eigenvalue weighted by Crippen LogP contribution is 2.38. The Balaban J connectivity index is 2.87. The normalized spacial score (nSPS) is 12.4. The topological polar surface area (TPSA) is 77.0 Å². The van der Waals surface area contributed by atoms with E-state index in [0.29, 0.717) is 17.2 Å². The zero-order valence-electron chi connectivity index (χ0n) is 13.1. The average molecular weight is 307 g/mol. The van der Waals surface area contributed by atoms with Gasteiger partial charge in [0.05, 0.1) is 21.3 Å². The predicted octanol–water partition coefficient (Wildman–Crippen LogP) is 1.74. The lowest BCUT2D eigenvalue weighted by Crippen LogP contribution is -2.30. The fourth-order valence-electron chi connectivity index (χ4n) is 1.76. The Hall–Kier alpha value is -2.47. The summed E-state index contributed by atoms with van der Waals surface area (Å²) in [4.78, 5) is 11.3. The molecule has 2 N–H and O–H groups in total. The van der Waals surface area contributed by atoms with Gasteiger partial charge in [0.2, 0.25) is 11.7 Å². The second-order valence-electron chi connectivity index (χ2n) is 4.36. The van der Waals surface area contributed by atoms with Crippen LogP contribution in [0.1, 0.15) is 12.5 Å². The van der Waals surface area contributed by atoms with Gasteiger partial charge in [-0.1, -0.05) is 18.2 Å². The number of carbonyl (C=O) groups is 1. The van der Waals surface area contributed by atoms with E-state index in [1.807, 2.05) is 0 Å². The maximum atomic E-state index is 11.3. The van der Waals surface area contributed by atoms with Crippen molar-refractivity contribution in [2.75, 3.05) is 21.3 Å². The van der Waals surface area contributed by atoms with Crippen LogP contribution in [0.5, 0.6) is 17.2 Å². The number of amides is 1. The van der Waals surface area contributed by atoms with E-state index in [2.05, 4.69) is 5.32 Å². The van der Waals surface area contributed by atoms with Gasteiger partial charge in [-0.25, -0.2) is 0 Å². The predicted molar refractivity (Wildman–Crippen MR) is 84.1 cm³/mol. The number of carbonyl (C=O) groups excluding carboxylic acids is 1. The third kappa shape index (κ3) is 5.14. The number of nitrogens with one attached hydrogen (secondary N) is 1. The number of benzene rings is 1. The number of allylic oxidation sites excluding steroid dienone is 2. The Morgan fingerprint density at radius 3 is 2.18 bits per heavy atom. The molecule has 0 fully saturated rings. The van der Waals surface area contributed by atoms with Gasteiger partial charge in [-0.2, -0.15) is 0 Å². The molecular weight excluding hydrogens is 286 g/mol. The summed E-state index contributed by atoms with van der Waals surface area (Å²) in [7, 11) is 4.63. The van der Waals surface area contributed by atoms with Crippen LogP contribution in [0.15, 0.2) is 30.4 Å². The third-order valence-electron chi connectivity index (χ3n) is 2.69. The molecule has 0 saturated carbocycles. The summed E-state index contributed by atoms with van der Waals surface area (Å²) in [6.45, 7) is 1.47. The molecule has 0 aliphatic heterocycles. The Kier molecular flexibility index (Phi) is 6.98. The molecule has 0 aliphatic carbocycles. The minimum Gasteiger partial charge on any atom is -0.493 e. The number of rotatable bonds is 7. The summed E-state index contributed by atoms with van der Waals surface area (Å²) >= 11 is 0. The van der Waals surface area contributed by atoms with Crippen LogP contribution < -0.4 is 19.5 Å². The summed E-state index contributed by atoms with van der Waals surface area (Å²) < 4.78 is 15.8. The molecule has 1 unspecified atom stereocenters. The highest BCUT2D eigenvalue weighted by Gasteiger charge is 2.11. The molecule has 22 heavy (non-hydrogen) atoms. The van der Waals surface area contributed by atoms with Crippen LogP contribution in [-0.4, -0.2) is 38.6 Å². The minimum absolute atomic E-state index is 0.371. The molecule has 0 spiro atoms. The first-order valence-electron chi connectivity index (χ1n) is 6.65. The number of ether oxygens (including phenoxy) is 3. The van der Waals surface area contributed by atoms with Crippen molar-refractivity contribution in [3.63, 3.8) is 0 Å². The molecular formula is C16H21NO5. The first-order chi connectivity index (χ1) is 10.5. The molecule has 1 rings (SSSR count). The van der Waals surface area contributed by atoms with Crippen LogP contribution >= 0.6 is 0 Å². The molecule has 6 nitrogen and oxygen atoms in total. The molecule has 6 heteroatoms. The summed E-state index contributed by atoms with van der Waals surface area (Å²) in [5.41, 5.74) is 0.829. The van der Waals surface area contributed by atoms with Crippen molar-refractivity contribution in [1.29, 1.82) is 0 Å². The second-order valence-corrected chi connectivity index (χ2v) is 4.36. The Bertz CT molecular complexity index is 539. The van der Waals surface area contributed by atoms with Gasteiger partial charge in [0.1, 0.15) is 6.23 Å². The van der Waals surface area contributed by atoms with E-state index >= 15 is 0 Å². The van der Waals surface area contributed by atoms with Crippen LogP contribution in [0, 0.1) is 0 Å². The van der Waals surface area contributed by atoms with Gasteiger partial charge in [0.15, 0.2) is 11.5 Å². The van der Waals surface area contributed by atoms with Crippen molar-refractivity contribution in [2.24, 2.45) is 0 Å². The fraction of sp³-hybridized carbons (Fsp3) is 0.312. The van der Waals surface area contributed by atoms with E-state index in [4.69, 9.17) is 19.3 Å².